The minimum Gasteiger partial charge on any atom is -0.391 e. The zero-order chi connectivity index (χ0) is 22.2. The molecule has 5 rings (SSSR count). The normalized spacial score (nSPS) is 44.8. The molecule has 5 aliphatic rings. The van der Waals surface area contributed by atoms with E-state index in [-0.39, 0.29) is 36.2 Å². The molecule has 6 atom stereocenters. The molecule has 0 radical (unpaired) electrons. The van der Waals surface area contributed by atoms with Crippen LogP contribution in [-0.2, 0) is 14.3 Å². The maximum atomic E-state index is 13.8. The SMILES string of the molecule is CC1CC(C(=O)NC23CCC(NC(=O)COC4CCC(Cl)C(F)C4)(CC2)C(O)C3)SN1. The van der Waals surface area contributed by atoms with Gasteiger partial charge in [0.1, 0.15) is 12.8 Å². The molecule has 0 spiro atoms. The largest absolute Gasteiger partial charge is 0.391 e. The van der Waals surface area contributed by atoms with E-state index in [4.69, 9.17) is 16.3 Å². The highest BCUT2D eigenvalue weighted by molar-refractivity contribution is 7.99. The minimum atomic E-state index is -1.11. The highest BCUT2D eigenvalue weighted by Crippen LogP contribution is 2.47. The summed E-state index contributed by atoms with van der Waals surface area (Å²) >= 11 is 7.37. The van der Waals surface area contributed by atoms with Gasteiger partial charge >= 0.3 is 0 Å². The van der Waals surface area contributed by atoms with Crippen LogP contribution >= 0.6 is 23.5 Å². The summed E-state index contributed by atoms with van der Waals surface area (Å²) in [6, 6.07) is 0.312. The van der Waals surface area contributed by atoms with Crippen molar-refractivity contribution >= 4 is 35.4 Å². The molecule has 1 aliphatic heterocycles. The first-order chi connectivity index (χ1) is 14.7. The summed E-state index contributed by atoms with van der Waals surface area (Å²) in [4.78, 5) is 25.3. The van der Waals surface area contributed by atoms with Crippen LogP contribution in [0.3, 0.4) is 0 Å². The molecule has 4 N–H and O–H groups in total. The molecule has 4 aliphatic carbocycles. The summed E-state index contributed by atoms with van der Waals surface area (Å²) in [5.74, 6) is -0.262. The van der Waals surface area contributed by atoms with E-state index in [1.165, 1.54) is 11.9 Å². The maximum Gasteiger partial charge on any atom is 0.246 e. The van der Waals surface area contributed by atoms with E-state index in [1.54, 1.807) is 0 Å². The fourth-order valence-electron chi connectivity index (χ4n) is 5.48. The molecule has 4 saturated carbocycles. The smallest absolute Gasteiger partial charge is 0.246 e. The Morgan fingerprint density at radius 3 is 2.58 bits per heavy atom. The maximum absolute atomic E-state index is 13.8. The molecule has 7 nitrogen and oxygen atoms in total. The molecule has 1 heterocycles. The third-order valence-corrected chi connectivity index (χ3v) is 9.19. The standard InChI is InChI=1S/C21H33ClFN3O4S/c1-12-8-16(31-26-12)19(29)25-20-4-6-21(7-5-20,17(27)10-20)24-18(28)11-30-13-2-3-14(22)15(23)9-13/h12-17,26-27H,2-11H2,1H3,(H,24,28)(H,25,29). The van der Waals surface area contributed by atoms with E-state index in [0.717, 1.165) is 19.3 Å². The average molecular weight is 478 g/mol. The summed E-state index contributed by atoms with van der Waals surface area (Å²) in [6.07, 6.45) is 3.16. The number of alkyl halides is 2. The van der Waals surface area contributed by atoms with E-state index in [0.29, 0.717) is 38.1 Å². The summed E-state index contributed by atoms with van der Waals surface area (Å²) < 4.78 is 22.6. The van der Waals surface area contributed by atoms with E-state index in [9.17, 15) is 19.1 Å². The van der Waals surface area contributed by atoms with E-state index in [1.807, 2.05) is 0 Å². The van der Waals surface area contributed by atoms with Gasteiger partial charge in [0.2, 0.25) is 11.8 Å². The van der Waals surface area contributed by atoms with Crippen molar-refractivity contribution in [3.05, 3.63) is 0 Å². The summed E-state index contributed by atoms with van der Waals surface area (Å²) in [7, 11) is 0. The van der Waals surface area contributed by atoms with Gasteiger partial charge in [0.25, 0.3) is 0 Å². The molecular weight excluding hydrogens is 445 g/mol. The van der Waals surface area contributed by atoms with Crippen molar-refractivity contribution in [2.75, 3.05) is 6.61 Å². The van der Waals surface area contributed by atoms with Gasteiger partial charge in [0.05, 0.1) is 28.4 Å². The van der Waals surface area contributed by atoms with Crippen molar-refractivity contribution in [1.29, 1.82) is 0 Å². The Bertz CT molecular complexity index is 694. The van der Waals surface area contributed by atoms with Crippen molar-refractivity contribution in [2.45, 2.75) is 111 Å². The highest BCUT2D eigenvalue weighted by Gasteiger charge is 2.55. The van der Waals surface area contributed by atoms with E-state index in [2.05, 4.69) is 22.3 Å². The first-order valence-corrected chi connectivity index (χ1v) is 12.6. The predicted molar refractivity (Wildman–Crippen MR) is 118 cm³/mol. The molecule has 0 aromatic carbocycles. The third kappa shape index (κ3) is 5.16. The average Bonchev–Trinajstić information content (AvgIpc) is 3.17. The second-order valence-electron chi connectivity index (χ2n) is 9.83. The van der Waals surface area contributed by atoms with Gasteiger partial charge in [-0.1, -0.05) is 11.9 Å². The Hall–Kier alpha value is -0.610. The first kappa shape index (κ1) is 23.5. The number of nitrogens with one attached hydrogen (secondary N) is 3. The number of amides is 2. The molecule has 5 fully saturated rings. The zero-order valence-corrected chi connectivity index (χ0v) is 19.4. The molecule has 2 amide bonds. The van der Waals surface area contributed by atoms with Crippen molar-refractivity contribution in [3.8, 4) is 0 Å². The Balaban J connectivity index is 1.26. The zero-order valence-electron chi connectivity index (χ0n) is 17.9. The third-order valence-electron chi connectivity index (χ3n) is 7.46. The van der Waals surface area contributed by atoms with Gasteiger partial charge in [-0.05, 0) is 58.3 Å². The van der Waals surface area contributed by atoms with Gasteiger partial charge in [-0.2, -0.15) is 0 Å². The molecule has 1 saturated heterocycles. The highest BCUT2D eigenvalue weighted by atomic mass is 35.5. The van der Waals surface area contributed by atoms with Crippen molar-refractivity contribution in [3.63, 3.8) is 0 Å². The number of carbonyl (C=O) groups is 2. The van der Waals surface area contributed by atoms with Gasteiger partial charge in [0.15, 0.2) is 0 Å². The Kier molecular flexibility index (Phi) is 7.09. The lowest BCUT2D eigenvalue weighted by Gasteiger charge is -2.56. The van der Waals surface area contributed by atoms with Crippen LogP contribution in [-0.4, -0.2) is 69.7 Å². The van der Waals surface area contributed by atoms with Crippen LogP contribution in [0.25, 0.3) is 0 Å². The lowest BCUT2D eigenvalue weighted by atomic mass is 9.60. The minimum absolute atomic E-state index is 0.0266. The van der Waals surface area contributed by atoms with Crippen LogP contribution in [0.15, 0.2) is 0 Å². The van der Waals surface area contributed by atoms with Crippen LogP contribution < -0.4 is 15.4 Å². The number of carbonyl (C=O) groups excluding carboxylic acids is 2. The molecule has 31 heavy (non-hydrogen) atoms. The lowest BCUT2D eigenvalue weighted by molar-refractivity contribution is -0.140. The number of halogens is 2. The van der Waals surface area contributed by atoms with Crippen LogP contribution in [0.2, 0.25) is 0 Å². The number of fused-ring (bicyclic) bond motifs is 3. The number of hydrogen-bond donors (Lipinski definition) is 4. The van der Waals surface area contributed by atoms with Gasteiger partial charge in [-0.3, -0.25) is 14.3 Å². The first-order valence-electron chi connectivity index (χ1n) is 11.3. The van der Waals surface area contributed by atoms with E-state index < -0.39 is 28.7 Å². The predicted octanol–water partition coefficient (Wildman–Crippen LogP) is 1.95. The van der Waals surface area contributed by atoms with Crippen LogP contribution in [0, 0.1) is 0 Å². The number of aliphatic hydroxyl groups is 1. The molecule has 6 unspecified atom stereocenters. The number of rotatable bonds is 6. The second kappa shape index (κ2) is 9.33. The molecule has 176 valence electrons. The van der Waals surface area contributed by atoms with Gasteiger partial charge < -0.3 is 20.5 Å². The second-order valence-corrected chi connectivity index (χ2v) is 11.4. The van der Waals surface area contributed by atoms with Crippen LogP contribution in [0.4, 0.5) is 4.39 Å². The van der Waals surface area contributed by atoms with Gasteiger partial charge in [-0.25, -0.2) is 4.39 Å². The van der Waals surface area contributed by atoms with Gasteiger partial charge in [0, 0.05) is 18.0 Å². The number of ether oxygens (including phenoxy) is 1. The summed E-state index contributed by atoms with van der Waals surface area (Å²) in [6.45, 7) is 1.91. The Morgan fingerprint density at radius 1 is 1.23 bits per heavy atom. The van der Waals surface area contributed by atoms with E-state index >= 15 is 0 Å². The molecule has 0 aromatic heterocycles. The molecule has 0 aromatic rings. The fraction of sp³-hybridized carbons (Fsp3) is 0.905. The van der Waals surface area contributed by atoms with Crippen LogP contribution in [0.1, 0.15) is 64.7 Å². The Morgan fingerprint density at radius 2 is 1.97 bits per heavy atom. The van der Waals surface area contributed by atoms with Crippen molar-refractivity contribution in [1.82, 2.24) is 15.4 Å². The van der Waals surface area contributed by atoms with Crippen LogP contribution in [0.5, 0.6) is 0 Å². The van der Waals surface area contributed by atoms with Gasteiger partial charge in [-0.15, -0.1) is 11.6 Å². The topological polar surface area (TPSA) is 99.7 Å². The summed E-state index contributed by atoms with van der Waals surface area (Å²) in [5, 5.41) is 16.5. The van der Waals surface area contributed by atoms with Crippen molar-refractivity contribution < 1.29 is 23.8 Å². The molecule has 2 bridgehead atoms. The monoisotopic (exact) mass is 477 g/mol. The molecular formula is C21H33ClFN3O4S. The number of aliphatic hydroxyl groups excluding tert-OH is 1. The lowest BCUT2D eigenvalue weighted by Crippen LogP contribution is -2.70. The number of hydrogen-bond acceptors (Lipinski definition) is 6. The summed E-state index contributed by atoms with van der Waals surface area (Å²) in [5.41, 5.74) is -1.08. The van der Waals surface area contributed by atoms with Crippen molar-refractivity contribution in [2.24, 2.45) is 0 Å². The Labute approximate surface area is 192 Å². The fourth-order valence-corrected chi connectivity index (χ4v) is 6.75. The molecule has 10 heteroatoms. The quantitative estimate of drug-likeness (QED) is 0.345.